The average molecular weight is 402 g/mol. The summed E-state index contributed by atoms with van der Waals surface area (Å²) >= 11 is 6.09. The summed E-state index contributed by atoms with van der Waals surface area (Å²) in [6, 6.07) is 10.9. The molecule has 28 heavy (non-hydrogen) atoms. The molecule has 2 aromatic carbocycles. The maximum Gasteiger partial charge on any atom is 0.331 e. The predicted octanol–water partition coefficient (Wildman–Crippen LogP) is 4.39. The second-order valence-electron chi connectivity index (χ2n) is 6.50. The average Bonchev–Trinajstić information content (AvgIpc) is 3.14. The van der Waals surface area contributed by atoms with Gasteiger partial charge in [-0.15, -0.1) is 0 Å². The molecule has 146 valence electrons. The van der Waals surface area contributed by atoms with E-state index in [0.29, 0.717) is 33.7 Å². The summed E-state index contributed by atoms with van der Waals surface area (Å²) in [4.78, 5) is 23.8. The zero-order valence-corrected chi connectivity index (χ0v) is 16.3. The second-order valence-corrected chi connectivity index (χ2v) is 6.91. The first-order chi connectivity index (χ1) is 13.4. The molecule has 0 spiro atoms. The number of carbonyl (C=O) groups is 2. The zero-order chi connectivity index (χ0) is 20.1. The summed E-state index contributed by atoms with van der Waals surface area (Å²) in [7, 11) is 0. The number of carbonyl (C=O) groups excluding carboxylic acids is 2. The van der Waals surface area contributed by atoms with E-state index in [1.54, 1.807) is 12.1 Å². The predicted molar refractivity (Wildman–Crippen MR) is 107 cm³/mol. The lowest BCUT2D eigenvalue weighted by molar-refractivity contribution is -0.142. The number of esters is 1. The van der Waals surface area contributed by atoms with Gasteiger partial charge in [-0.1, -0.05) is 37.6 Å². The number of nitrogens with one attached hydrogen (secondary N) is 1. The van der Waals surface area contributed by atoms with Gasteiger partial charge in [-0.25, -0.2) is 4.79 Å². The molecule has 0 saturated carbocycles. The third-order valence-electron chi connectivity index (χ3n) is 4.07. The van der Waals surface area contributed by atoms with Gasteiger partial charge in [0.2, 0.25) is 6.79 Å². The highest BCUT2D eigenvalue weighted by Crippen LogP contribution is 2.40. The van der Waals surface area contributed by atoms with E-state index < -0.39 is 11.9 Å². The van der Waals surface area contributed by atoms with E-state index in [-0.39, 0.29) is 13.4 Å². The Labute approximate surface area is 168 Å². The van der Waals surface area contributed by atoms with Crippen LogP contribution in [0.15, 0.2) is 42.5 Å². The molecular weight excluding hydrogens is 382 g/mol. The molecule has 7 heteroatoms. The zero-order valence-electron chi connectivity index (χ0n) is 15.5. The van der Waals surface area contributed by atoms with Crippen molar-refractivity contribution < 1.29 is 23.8 Å². The Morgan fingerprint density at radius 1 is 1.21 bits per heavy atom. The summed E-state index contributed by atoms with van der Waals surface area (Å²) < 4.78 is 15.5. The first-order valence-corrected chi connectivity index (χ1v) is 9.14. The lowest BCUT2D eigenvalue weighted by atomic mass is 10.0. The molecule has 0 fully saturated rings. The Balaban J connectivity index is 1.49. The molecule has 0 bridgehead atoms. The number of halogens is 1. The maximum absolute atomic E-state index is 11.9. The minimum atomic E-state index is -0.640. The molecule has 1 heterocycles. The summed E-state index contributed by atoms with van der Waals surface area (Å²) in [6.45, 7) is 3.92. The Hall–Kier alpha value is -2.99. The Morgan fingerprint density at radius 2 is 1.96 bits per heavy atom. The molecule has 3 rings (SSSR count). The molecule has 0 saturated heterocycles. The van der Waals surface area contributed by atoms with E-state index >= 15 is 0 Å². The highest BCUT2D eigenvalue weighted by atomic mass is 35.5. The smallest absolute Gasteiger partial charge is 0.331 e. The van der Waals surface area contributed by atoms with Crippen LogP contribution in [0.1, 0.15) is 30.9 Å². The summed E-state index contributed by atoms with van der Waals surface area (Å²) in [5, 5.41) is 3.08. The quantitative estimate of drug-likeness (QED) is 0.574. The highest BCUT2D eigenvalue weighted by Gasteiger charge is 2.17. The minimum absolute atomic E-state index is 0.111. The molecule has 1 aliphatic rings. The first kappa shape index (κ1) is 19.8. The third-order valence-corrected chi connectivity index (χ3v) is 4.35. The van der Waals surface area contributed by atoms with Crippen molar-refractivity contribution in [2.24, 2.45) is 0 Å². The molecule has 6 nitrogen and oxygen atoms in total. The lowest BCUT2D eigenvalue weighted by Crippen LogP contribution is -2.20. The molecule has 0 aliphatic carbocycles. The lowest BCUT2D eigenvalue weighted by Gasteiger charge is -2.08. The molecule has 0 unspecified atom stereocenters. The number of amides is 1. The number of hydrogen-bond acceptors (Lipinski definition) is 5. The maximum atomic E-state index is 11.9. The molecule has 0 aromatic heterocycles. The topological polar surface area (TPSA) is 73.9 Å². The van der Waals surface area contributed by atoms with Crippen molar-refractivity contribution >= 4 is 35.2 Å². The molecule has 0 atom stereocenters. The van der Waals surface area contributed by atoms with Crippen molar-refractivity contribution in [3.05, 3.63) is 58.6 Å². The van der Waals surface area contributed by atoms with Crippen LogP contribution in [-0.2, 0) is 14.3 Å². The molecular formula is C21H20ClNO5. The van der Waals surface area contributed by atoms with E-state index in [4.69, 9.17) is 25.8 Å². The van der Waals surface area contributed by atoms with Gasteiger partial charge in [-0.05, 0) is 47.4 Å². The van der Waals surface area contributed by atoms with E-state index in [0.717, 1.165) is 0 Å². The molecule has 1 aliphatic heterocycles. The van der Waals surface area contributed by atoms with Gasteiger partial charge in [0.05, 0.1) is 5.02 Å². The highest BCUT2D eigenvalue weighted by molar-refractivity contribution is 6.32. The van der Waals surface area contributed by atoms with Crippen molar-refractivity contribution in [3.63, 3.8) is 0 Å². The number of ether oxygens (including phenoxy) is 3. The van der Waals surface area contributed by atoms with E-state index in [1.807, 2.05) is 24.3 Å². The number of anilines is 1. The van der Waals surface area contributed by atoms with Gasteiger partial charge in [-0.2, -0.15) is 0 Å². The number of rotatable bonds is 6. The van der Waals surface area contributed by atoms with Crippen molar-refractivity contribution in [3.8, 4) is 11.5 Å². The van der Waals surface area contributed by atoms with Gasteiger partial charge in [0, 0.05) is 11.8 Å². The number of benzene rings is 2. The van der Waals surface area contributed by atoms with Crippen molar-refractivity contribution in [1.82, 2.24) is 0 Å². The monoisotopic (exact) mass is 401 g/mol. The van der Waals surface area contributed by atoms with Crippen molar-refractivity contribution in [2.45, 2.75) is 19.8 Å². The SMILES string of the molecule is CC(C)c1ccc(NC(=O)COC(=O)/C=C/c2cc(Cl)c3c(c2)OCO3)cc1. The molecule has 2 aromatic rings. The van der Waals surface area contributed by atoms with Crippen LogP contribution < -0.4 is 14.8 Å². The Bertz CT molecular complexity index is 906. The standard InChI is InChI=1S/C21H20ClNO5/c1-13(2)15-4-6-16(7-5-15)23-19(24)11-26-20(25)8-3-14-9-17(22)21-18(10-14)27-12-28-21/h3-10,13H,11-12H2,1-2H3,(H,23,24)/b8-3+. The largest absolute Gasteiger partial charge is 0.454 e. The van der Waals surface area contributed by atoms with E-state index in [9.17, 15) is 9.59 Å². The summed E-state index contributed by atoms with van der Waals surface area (Å²) in [6.07, 6.45) is 2.75. The normalized spacial score (nSPS) is 12.4. The van der Waals surface area contributed by atoms with Crippen LogP contribution in [0.5, 0.6) is 11.5 Å². The van der Waals surface area contributed by atoms with Crippen LogP contribution >= 0.6 is 11.6 Å². The third kappa shape index (κ3) is 5.04. The van der Waals surface area contributed by atoms with E-state index in [1.165, 1.54) is 17.7 Å². The first-order valence-electron chi connectivity index (χ1n) is 8.76. The van der Waals surface area contributed by atoms with Gasteiger partial charge < -0.3 is 19.5 Å². The fourth-order valence-corrected chi connectivity index (χ4v) is 2.85. The fourth-order valence-electron chi connectivity index (χ4n) is 2.58. The number of hydrogen-bond donors (Lipinski definition) is 1. The Morgan fingerprint density at radius 3 is 2.68 bits per heavy atom. The Kier molecular flexibility index (Phi) is 6.21. The van der Waals surface area contributed by atoms with Crippen LogP contribution in [0.3, 0.4) is 0 Å². The molecule has 0 radical (unpaired) electrons. The van der Waals surface area contributed by atoms with Crippen LogP contribution in [0.4, 0.5) is 5.69 Å². The molecule has 1 amide bonds. The van der Waals surface area contributed by atoms with Gasteiger partial charge in [0.25, 0.3) is 5.91 Å². The van der Waals surface area contributed by atoms with Crippen molar-refractivity contribution in [1.29, 1.82) is 0 Å². The van der Waals surface area contributed by atoms with Crippen LogP contribution in [0.25, 0.3) is 6.08 Å². The van der Waals surface area contributed by atoms with Gasteiger partial charge in [-0.3, -0.25) is 4.79 Å². The fraction of sp³-hybridized carbons (Fsp3) is 0.238. The van der Waals surface area contributed by atoms with Gasteiger partial charge in [0.1, 0.15) is 0 Å². The summed E-state index contributed by atoms with van der Waals surface area (Å²) in [5.41, 5.74) is 2.48. The van der Waals surface area contributed by atoms with Crippen LogP contribution in [0, 0.1) is 0 Å². The van der Waals surface area contributed by atoms with Crippen LogP contribution in [0.2, 0.25) is 5.02 Å². The van der Waals surface area contributed by atoms with Gasteiger partial charge >= 0.3 is 5.97 Å². The molecule has 1 N–H and O–H groups in total. The van der Waals surface area contributed by atoms with Crippen molar-refractivity contribution in [2.75, 3.05) is 18.7 Å². The number of fused-ring (bicyclic) bond motifs is 1. The van der Waals surface area contributed by atoms with Crippen LogP contribution in [-0.4, -0.2) is 25.3 Å². The van der Waals surface area contributed by atoms with Gasteiger partial charge in [0.15, 0.2) is 18.1 Å². The summed E-state index contributed by atoms with van der Waals surface area (Å²) in [5.74, 6) is 0.365. The second kappa shape index (κ2) is 8.80. The van der Waals surface area contributed by atoms with E-state index in [2.05, 4.69) is 19.2 Å². The minimum Gasteiger partial charge on any atom is -0.454 e.